The molecular weight excluding hydrogens is 594 g/mol. The topological polar surface area (TPSA) is 113 Å². The van der Waals surface area contributed by atoms with Crippen molar-refractivity contribution in [1.29, 1.82) is 5.26 Å². The molecule has 0 aliphatic carbocycles. The highest BCUT2D eigenvalue weighted by molar-refractivity contribution is 7.16. The molecule has 4 aromatic rings. The van der Waals surface area contributed by atoms with Gasteiger partial charge in [0.1, 0.15) is 23.3 Å². The minimum absolute atomic E-state index is 0.0174. The van der Waals surface area contributed by atoms with Gasteiger partial charge >= 0.3 is 0 Å². The van der Waals surface area contributed by atoms with Gasteiger partial charge in [0.15, 0.2) is 17.4 Å². The normalized spacial score (nSPS) is 17.4. The Kier molecular flexibility index (Phi) is 7.98. The van der Waals surface area contributed by atoms with Gasteiger partial charge in [-0.15, -0.1) is 10.2 Å². The second kappa shape index (κ2) is 11.2. The summed E-state index contributed by atoms with van der Waals surface area (Å²) in [6.45, 7) is 9.69. The molecule has 0 unspecified atom stereocenters. The fourth-order valence-electron chi connectivity index (χ4n) is 4.41. The Bertz CT molecular complexity index is 1650. The summed E-state index contributed by atoms with van der Waals surface area (Å²) in [5.41, 5.74) is 0.612. The third-order valence-corrected chi connectivity index (χ3v) is 7.77. The van der Waals surface area contributed by atoms with Gasteiger partial charge in [-0.2, -0.15) is 5.26 Å². The van der Waals surface area contributed by atoms with E-state index < -0.39 is 17.2 Å². The van der Waals surface area contributed by atoms with E-state index in [4.69, 9.17) is 46.6 Å². The number of nitriles is 1. The number of hydrogen-bond donors (Lipinski definition) is 0. The van der Waals surface area contributed by atoms with Gasteiger partial charge in [-0.25, -0.2) is 9.37 Å². The van der Waals surface area contributed by atoms with Crippen LogP contribution in [0.5, 0.6) is 16.7 Å². The van der Waals surface area contributed by atoms with Crippen LogP contribution >= 0.6 is 34.5 Å². The van der Waals surface area contributed by atoms with Gasteiger partial charge in [-0.3, -0.25) is 0 Å². The molecule has 5 rings (SSSR count). The van der Waals surface area contributed by atoms with E-state index in [0.29, 0.717) is 15.8 Å². The molecule has 41 heavy (non-hydrogen) atoms. The van der Waals surface area contributed by atoms with Crippen LogP contribution in [0.2, 0.25) is 10.0 Å². The molecule has 1 saturated heterocycles. The molecular formula is C28H25Cl2FN4O5S. The number of hydrogen-bond acceptors (Lipinski definition) is 10. The third kappa shape index (κ3) is 6.47. The molecule has 1 aliphatic rings. The number of ether oxygens (including phenoxy) is 4. The van der Waals surface area contributed by atoms with Crippen molar-refractivity contribution in [2.75, 3.05) is 6.61 Å². The maximum atomic E-state index is 15.5. The molecule has 0 amide bonds. The quantitative estimate of drug-likeness (QED) is 0.198. The van der Waals surface area contributed by atoms with Crippen LogP contribution in [0.3, 0.4) is 0 Å². The zero-order valence-electron chi connectivity index (χ0n) is 22.8. The maximum Gasteiger partial charge on any atom is 0.274 e. The van der Waals surface area contributed by atoms with E-state index in [1.165, 1.54) is 41.7 Å². The zero-order valence-corrected chi connectivity index (χ0v) is 25.1. The number of aromatic nitrogens is 3. The van der Waals surface area contributed by atoms with Crippen LogP contribution in [0.4, 0.5) is 4.39 Å². The summed E-state index contributed by atoms with van der Waals surface area (Å²) in [7, 11) is 0. The van der Waals surface area contributed by atoms with Gasteiger partial charge in [0.2, 0.25) is 5.89 Å². The minimum Gasteiger partial charge on any atom is -0.467 e. The van der Waals surface area contributed by atoms with Crippen molar-refractivity contribution in [3.63, 3.8) is 0 Å². The number of nitrogens with zero attached hydrogens (tertiary/aromatic N) is 4. The first-order chi connectivity index (χ1) is 19.3. The zero-order chi connectivity index (χ0) is 29.5. The molecule has 1 fully saturated rings. The fraction of sp³-hybridized carbons (Fsp3) is 0.357. The van der Waals surface area contributed by atoms with Gasteiger partial charge in [0, 0.05) is 10.6 Å². The smallest absolute Gasteiger partial charge is 0.274 e. The van der Waals surface area contributed by atoms with Gasteiger partial charge in [0.25, 0.3) is 11.1 Å². The number of aryl methyl sites for hydroxylation is 1. The summed E-state index contributed by atoms with van der Waals surface area (Å²) in [6, 6.07) is 9.34. The van der Waals surface area contributed by atoms with E-state index in [0.717, 1.165) is 0 Å². The molecule has 1 aliphatic heterocycles. The third-order valence-electron chi connectivity index (χ3n) is 6.20. The Labute approximate surface area is 249 Å². The van der Waals surface area contributed by atoms with Crippen LogP contribution in [0.15, 0.2) is 34.7 Å². The van der Waals surface area contributed by atoms with E-state index in [-0.39, 0.29) is 63.6 Å². The predicted octanol–water partition coefficient (Wildman–Crippen LogP) is 7.51. The standard InChI is InChI=1S/C28H25Cl2FN4O5S/c1-14-24(41-26(33-14)36-13-20-27(2,3)40-28(4,5)39-20)25-35-34-21(38-25)10-16-6-7-19(30)23(22(16)31)37-18-9-15(12-32)8-17(29)11-18/h6-9,11,20H,10,13H2,1-5H3/t20-/m0/s1. The average molecular weight is 620 g/mol. The lowest BCUT2D eigenvalue weighted by Gasteiger charge is -2.23. The molecule has 9 nitrogen and oxygen atoms in total. The SMILES string of the molecule is Cc1nc(OC[C@@H]2OC(C)(C)OC2(C)C)sc1-c1nnc(Cc2ccc(Cl)c(Oc3cc(Cl)cc(C#N)c3)c2F)o1. The second-order valence-electron chi connectivity index (χ2n) is 10.3. The van der Waals surface area contributed by atoms with Gasteiger partial charge < -0.3 is 23.4 Å². The van der Waals surface area contributed by atoms with Crippen LogP contribution < -0.4 is 9.47 Å². The van der Waals surface area contributed by atoms with Crippen LogP contribution in [-0.4, -0.2) is 39.3 Å². The summed E-state index contributed by atoms with van der Waals surface area (Å²) in [5, 5.41) is 18.1. The van der Waals surface area contributed by atoms with Crippen LogP contribution in [0, 0.1) is 24.1 Å². The molecule has 214 valence electrons. The minimum atomic E-state index is -0.704. The highest BCUT2D eigenvalue weighted by Crippen LogP contribution is 2.39. The lowest BCUT2D eigenvalue weighted by atomic mass is 10.0. The molecule has 0 saturated carbocycles. The van der Waals surface area contributed by atoms with Crippen LogP contribution in [0.1, 0.15) is 50.4 Å². The largest absolute Gasteiger partial charge is 0.467 e. The van der Waals surface area contributed by atoms with Gasteiger partial charge in [-0.05, 0) is 58.9 Å². The van der Waals surface area contributed by atoms with E-state index in [1.807, 2.05) is 33.8 Å². The number of thiazole rings is 1. The highest BCUT2D eigenvalue weighted by Gasteiger charge is 2.47. The molecule has 2 aromatic carbocycles. The van der Waals surface area contributed by atoms with E-state index in [1.54, 1.807) is 6.92 Å². The monoisotopic (exact) mass is 618 g/mol. The lowest BCUT2D eigenvalue weighted by molar-refractivity contribution is -0.158. The van der Waals surface area contributed by atoms with E-state index >= 15 is 4.39 Å². The molecule has 13 heteroatoms. The summed E-state index contributed by atoms with van der Waals surface area (Å²) in [4.78, 5) is 5.11. The molecule has 1 atom stereocenters. The van der Waals surface area contributed by atoms with Gasteiger partial charge in [0.05, 0.1) is 34.4 Å². The fourth-order valence-corrected chi connectivity index (χ4v) is 5.67. The molecule has 0 spiro atoms. The Hall–Kier alpha value is -3.27. The first-order valence-electron chi connectivity index (χ1n) is 12.5. The van der Waals surface area contributed by atoms with Gasteiger partial charge in [-0.1, -0.05) is 40.6 Å². The maximum absolute atomic E-state index is 15.5. The van der Waals surface area contributed by atoms with Crippen molar-refractivity contribution in [3.05, 3.63) is 68.9 Å². The Morgan fingerprint density at radius 1 is 1.15 bits per heavy atom. The summed E-state index contributed by atoms with van der Waals surface area (Å²) in [5.74, 6) is -1.03. The average Bonchev–Trinajstić information content (AvgIpc) is 3.56. The number of benzene rings is 2. The Balaban J connectivity index is 1.30. The first-order valence-corrected chi connectivity index (χ1v) is 14.1. The van der Waals surface area contributed by atoms with Crippen molar-refractivity contribution in [2.45, 2.75) is 58.5 Å². The van der Waals surface area contributed by atoms with Crippen molar-refractivity contribution in [3.8, 4) is 33.5 Å². The molecule has 3 heterocycles. The first kappa shape index (κ1) is 29.2. The van der Waals surface area contributed by atoms with Crippen molar-refractivity contribution < 1.29 is 27.8 Å². The van der Waals surface area contributed by atoms with E-state index in [2.05, 4.69) is 15.2 Å². The summed E-state index contributed by atoms with van der Waals surface area (Å²) < 4.78 is 44.8. The van der Waals surface area contributed by atoms with Crippen LogP contribution in [-0.2, 0) is 15.9 Å². The second-order valence-corrected chi connectivity index (χ2v) is 12.1. The Morgan fingerprint density at radius 3 is 2.63 bits per heavy atom. The molecule has 0 radical (unpaired) electrons. The highest BCUT2D eigenvalue weighted by atomic mass is 35.5. The summed E-state index contributed by atoms with van der Waals surface area (Å²) in [6.07, 6.45) is -0.299. The number of halogens is 3. The molecule has 2 aromatic heterocycles. The van der Waals surface area contributed by atoms with Crippen molar-refractivity contribution >= 4 is 34.5 Å². The molecule has 0 bridgehead atoms. The summed E-state index contributed by atoms with van der Waals surface area (Å²) >= 11 is 13.5. The van der Waals surface area contributed by atoms with Crippen LogP contribution in [0.25, 0.3) is 10.8 Å². The Morgan fingerprint density at radius 2 is 1.93 bits per heavy atom. The van der Waals surface area contributed by atoms with Crippen molar-refractivity contribution in [1.82, 2.24) is 15.2 Å². The number of rotatable bonds is 8. The van der Waals surface area contributed by atoms with E-state index in [9.17, 15) is 5.26 Å². The predicted molar refractivity (Wildman–Crippen MR) is 150 cm³/mol. The molecule has 0 N–H and O–H groups in total. The van der Waals surface area contributed by atoms with Crippen molar-refractivity contribution in [2.24, 2.45) is 0 Å². The lowest BCUT2D eigenvalue weighted by Crippen LogP contribution is -2.37.